The number of carbonyl (C=O) groups is 1. The molecule has 2 bridgehead atoms. The molecule has 0 radical (unpaired) electrons. The van der Waals surface area contributed by atoms with E-state index in [1.54, 1.807) is 0 Å². The first-order chi connectivity index (χ1) is 8.09. The van der Waals surface area contributed by atoms with Crippen molar-refractivity contribution in [3.8, 4) is 0 Å². The van der Waals surface area contributed by atoms with Crippen molar-refractivity contribution in [3.63, 3.8) is 0 Å². The minimum absolute atomic E-state index is 0.0366. The smallest absolute Gasteiger partial charge is 0.302 e. The van der Waals surface area contributed by atoms with E-state index in [2.05, 4.69) is 0 Å². The molecule has 0 N–H and O–H groups in total. The van der Waals surface area contributed by atoms with Crippen molar-refractivity contribution in [2.24, 2.45) is 5.92 Å². The SMILES string of the molecule is CC(=O)OCC1CC2(Cl)C(Cl)=C(Cl)C1(Cl)C2(Cl)Cl. The van der Waals surface area contributed by atoms with Crippen LogP contribution in [0.3, 0.4) is 0 Å². The highest BCUT2D eigenvalue weighted by Crippen LogP contribution is 2.74. The third-order valence-electron chi connectivity index (χ3n) is 3.39. The van der Waals surface area contributed by atoms with Gasteiger partial charge in [-0.15, -0.1) is 23.2 Å². The van der Waals surface area contributed by atoms with Crippen molar-refractivity contribution < 1.29 is 9.53 Å². The summed E-state index contributed by atoms with van der Waals surface area (Å²) >= 11 is 37.5. The van der Waals surface area contributed by atoms with E-state index >= 15 is 0 Å². The summed E-state index contributed by atoms with van der Waals surface area (Å²) in [7, 11) is 0. The Morgan fingerprint density at radius 2 is 1.83 bits per heavy atom. The van der Waals surface area contributed by atoms with E-state index in [1.807, 2.05) is 0 Å². The molecule has 0 aliphatic heterocycles. The fourth-order valence-corrected chi connectivity index (χ4v) is 5.25. The van der Waals surface area contributed by atoms with Crippen LogP contribution >= 0.6 is 69.6 Å². The van der Waals surface area contributed by atoms with Gasteiger partial charge in [0.1, 0.15) is 9.75 Å². The number of rotatable bonds is 2. The van der Waals surface area contributed by atoms with Gasteiger partial charge in [0.2, 0.25) is 0 Å². The van der Waals surface area contributed by atoms with Crippen molar-refractivity contribution in [2.75, 3.05) is 6.61 Å². The minimum atomic E-state index is -1.55. The maximum Gasteiger partial charge on any atom is 0.302 e. The number of alkyl halides is 4. The molecule has 102 valence electrons. The zero-order chi connectivity index (χ0) is 13.9. The molecule has 18 heavy (non-hydrogen) atoms. The lowest BCUT2D eigenvalue weighted by Gasteiger charge is -2.33. The minimum Gasteiger partial charge on any atom is -0.465 e. The van der Waals surface area contributed by atoms with Crippen LogP contribution in [0.15, 0.2) is 10.1 Å². The Kier molecular flexibility index (Phi) is 3.81. The van der Waals surface area contributed by atoms with Gasteiger partial charge in [-0.05, 0) is 6.42 Å². The average molecular weight is 373 g/mol. The standard InChI is InChI=1S/C10H8Cl6O2/c1-4(17)18-3-5-2-8(13)6(11)7(12)9(5,14)10(8,15)16/h5H,2-3H2,1H3. The van der Waals surface area contributed by atoms with Crippen LogP contribution in [-0.2, 0) is 9.53 Å². The van der Waals surface area contributed by atoms with Crippen LogP contribution in [0.1, 0.15) is 13.3 Å². The van der Waals surface area contributed by atoms with Gasteiger partial charge in [0.05, 0.1) is 16.7 Å². The Labute approximate surface area is 134 Å². The summed E-state index contributed by atoms with van der Waals surface area (Å²) in [6.45, 7) is 1.33. The first kappa shape index (κ1) is 15.3. The first-order valence-electron chi connectivity index (χ1n) is 5.04. The Morgan fingerprint density at radius 1 is 1.28 bits per heavy atom. The van der Waals surface area contributed by atoms with Gasteiger partial charge in [-0.2, -0.15) is 0 Å². The number of fused-ring (bicyclic) bond motifs is 2. The highest BCUT2D eigenvalue weighted by atomic mass is 35.5. The van der Waals surface area contributed by atoms with E-state index in [0.29, 0.717) is 0 Å². The molecule has 3 unspecified atom stereocenters. The van der Waals surface area contributed by atoms with Crippen LogP contribution in [0.4, 0.5) is 0 Å². The third kappa shape index (κ3) is 1.66. The van der Waals surface area contributed by atoms with Crippen LogP contribution < -0.4 is 0 Å². The topological polar surface area (TPSA) is 26.3 Å². The number of ether oxygens (including phenoxy) is 1. The zero-order valence-electron chi connectivity index (χ0n) is 9.08. The summed E-state index contributed by atoms with van der Waals surface area (Å²) < 4.78 is 3.39. The molecule has 0 spiro atoms. The molecule has 2 aliphatic rings. The van der Waals surface area contributed by atoms with Crippen molar-refractivity contribution in [1.82, 2.24) is 0 Å². The number of halogens is 6. The quantitative estimate of drug-likeness (QED) is 0.530. The number of allylic oxidation sites excluding steroid dienone is 2. The normalized spacial score (nSPS) is 41.4. The summed E-state index contributed by atoms with van der Waals surface area (Å²) in [6.07, 6.45) is 0.285. The van der Waals surface area contributed by atoms with Gasteiger partial charge in [-0.1, -0.05) is 46.4 Å². The third-order valence-corrected chi connectivity index (χ3v) is 7.72. The predicted octanol–water partition coefficient (Wildman–Crippen LogP) is 4.40. The molecule has 0 heterocycles. The second kappa shape index (κ2) is 4.47. The molecule has 8 heteroatoms. The van der Waals surface area contributed by atoms with Gasteiger partial charge in [0, 0.05) is 12.8 Å². The number of carbonyl (C=O) groups excluding carboxylic acids is 1. The molecule has 2 rings (SSSR count). The second-order valence-electron chi connectivity index (χ2n) is 4.42. The van der Waals surface area contributed by atoms with Crippen LogP contribution in [0.25, 0.3) is 0 Å². The Bertz CT molecular complexity index is 448. The Hall–Kier alpha value is 0.950. The summed E-state index contributed by atoms with van der Waals surface area (Å²) in [6, 6.07) is 0. The lowest BCUT2D eigenvalue weighted by Crippen LogP contribution is -2.45. The summed E-state index contributed by atoms with van der Waals surface area (Å²) in [5.74, 6) is -0.826. The maximum atomic E-state index is 10.9. The van der Waals surface area contributed by atoms with Gasteiger partial charge in [0.15, 0.2) is 4.33 Å². The monoisotopic (exact) mass is 370 g/mol. The Morgan fingerprint density at radius 3 is 2.22 bits per heavy atom. The molecule has 0 saturated heterocycles. The molecular formula is C10H8Cl6O2. The van der Waals surface area contributed by atoms with Crippen LogP contribution in [0.5, 0.6) is 0 Å². The lowest BCUT2D eigenvalue weighted by molar-refractivity contribution is -0.142. The van der Waals surface area contributed by atoms with Crippen LogP contribution in [-0.4, -0.2) is 26.7 Å². The van der Waals surface area contributed by atoms with Crippen LogP contribution in [0.2, 0.25) is 0 Å². The second-order valence-corrected chi connectivity index (χ2v) is 7.74. The van der Waals surface area contributed by atoms with Gasteiger partial charge in [-0.25, -0.2) is 0 Å². The molecule has 0 aromatic heterocycles. The van der Waals surface area contributed by atoms with Gasteiger partial charge in [0.25, 0.3) is 0 Å². The lowest BCUT2D eigenvalue weighted by atomic mass is 9.93. The van der Waals surface area contributed by atoms with Crippen molar-refractivity contribution in [1.29, 1.82) is 0 Å². The van der Waals surface area contributed by atoms with Crippen molar-refractivity contribution in [2.45, 2.75) is 27.4 Å². The molecule has 1 fully saturated rings. The fraction of sp³-hybridized carbons (Fsp3) is 0.700. The van der Waals surface area contributed by atoms with Crippen molar-refractivity contribution in [3.05, 3.63) is 10.1 Å². The summed E-state index contributed by atoms with van der Waals surface area (Å²) in [5.41, 5.74) is 0. The van der Waals surface area contributed by atoms with Crippen molar-refractivity contribution >= 4 is 75.6 Å². The number of hydrogen-bond acceptors (Lipinski definition) is 2. The summed E-state index contributed by atoms with van der Waals surface area (Å²) in [5, 5.41) is 0.277. The molecule has 0 aromatic carbocycles. The maximum absolute atomic E-state index is 10.9. The predicted molar refractivity (Wildman–Crippen MR) is 75.1 cm³/mol. The largest absolute Gasteiger partial charge is 0.465 e. The highest BCUT2D eigenvalue weighted by Gasteiger charge is 2.78. The fourth-order valence-electron chi connectivity index (χ4n) is 2.42. The van der Waals surface area contributed by atoms with E-state index in [4.69, 9.17) is 74.3 Å². The molecule has 2 aliphatic carbocycles. The highest BCUT2D eigenvalue weighted by molar-refractivity contribution is 6.65. The van der Waals surface area contributed by atoms with E-state index in [-0.39, 0.29) is 23.1 Å². The molecule has 0 amide bonds. The number of esters is 1. The average Bonchev–Trinajstić information content (AvgIpc) is 2.48. The van der Waals surface area contributed by atoms with E-state index in [9.17, 15) is 4.79 Å². The van der Waals surface area contributed by atoms with Gasteiger partial charge >= 0.3 is 5.97 Å². The zero-order valence-corrected chi connectivity index (χ0v) is 13.6. The first-order valence-corrected chi connectivity index (χ1v) is 7.31. The molecular weight excluding hydrogens is 365 g/mol. The molecule has 0 aromatic rings. The number of hydrogen-bond donors (Lipinski definition) is 0. The molecule has 3 atom stereocenters. The van der Waals surface area contributed by atoms with Gasteiger partial charge < -0.3 is 4.74 Å². The molecule has 1 saturated carbocycles. The van der Waals surface area contributed by atoms with E-state index < -0.39 is 26.0 Å². The molecule has 2 nitrogen and oxygen atoms in total. The van der Waals surface area contributed by atoms with E-state index in [0.717, 1.165) is 0 Å². The van der Waals surface area contributed by atoms with Crippen LogP contribution in [0, 0.1) is 5.92 Å². The van der Waals surface area contributed by atoms with Gasteiger partial charge in [-0.3, -0.25) is 4.79 Å². The summed E-state index contributed by atoms with van der Waals surface area (Å²) in [4.78, 5) is 8.27. The van der Waals surface area contributed by atoms with E-state index in [1.165, 1.54) is 6.92 Å². The Balaban J connectivity index is 2.40.